The molecule has 158 valence electrons. The van der Waals surface area contributed by atoms with Gasteiger partial charge in [0.2, 0.25) is 11.6 Å². The maximum atomic E-state index is 13.8. The first-order valence-corrected chi connectivity index (χ1v) is 10.5. The van der Waals surface area contributed by atoms with Gasteiger partial charge in [0.15, 0.2) is 0 Å². The summed E-state index contributed by atoms with van der Waals surface area (Å²) in [5.74, 6) is -0.639. The molecule has 6 nitrogen and oxygen atoms in total. The second-order valence-corrected chi connectivity index (χ2v) is 7.98. The number of halogens is 2. The lowest BCUT2D eigenvalue weighted by Crippen LogP contribution is -2.38. The van der Waals surface area contributed by atoms with E-state index in [1.807, 2.05) is 0 Å². The van der Waals surface area contributed by atoms with Crippen LogP contribution in [-0.2, 0) is 11.3 Å². The van der Waals surface area contributed by atoms with E-state index in [-0.39, 0.29) is 28.0 Å². The van der Waals surface area contributed by atoms with Crippen LogP contribution in [0.3, 0.4) is 0 Å². The lowest BCUT2D eigenvalue weighted by Gasteiger charge is -2.27. The first kappa shape index (κ1) is 20.1. The van der Waals surface area contributed by atoms with Gasteiger partial charge in [-0.25, -0.2) is 9.37 Å². The van der Waals surface area contributed by atoms with Crippen molar-refractivity contribution in [3.8, 4) is 11.4 Å². The summed E-state index contributed by atoms with van der Waals surface area (Å²) in [5, 5.41) is -0.0425. The minimum Gasteiger partial charge on any atom is -0.379 e. The van der Waals surface area contributed by atoms with Gasteiger partial charge in [0.05, 0.1) is 18.2 Å². The molecule has 0 spiro atoms. The Morgan fingerprint density at radius 2 is 1.71 bits per heavy atom. The number of nitrogens with zero attached hydrogens (tertiary/aromatic N) is 3. The molecular formula is C23H19ClFN3O3. The molecule has 0 amide bonds. The van der Waals surface area contributed by atoms with Crippen molar-refractivity contribution in [3.63, 3.8) is 0 Å². The summed E-state index contributed by atoms with van der Waals surface area (Å²) >= 11 is 6.00. The Hall–Kier alpha value is -2.87. The van der Waals surface area contributed by atoms with Crippen LogP contribution in [-0.4, -0.2) is 58.9 Å². The average Bonchev–Trinajstić information content (AvgIpc) is 3.18. The highest BCUT2D eigenvalue weighted by Crippen LogP contribution is 2.32. The minimum atomic E-state index is -0.541. The molecule has 31 heavy (non-hydrogen) atoms. The third kappa shape index (κ3) is 3.48. The minimum absolute atomic E-state index is 0.0425. The molecule has 0 atom stereocenters. The fourth-order valence-electron chi connectivity index (χ4n) is 4.12. The van der Waals surface area contributed by atoms with Crippen LogP contribution in [0.2, 0.25) is 5.02 Å². The van der Waals surface area contributed by atoms with Crippen molar-refractivity contribution in [2.24, 2.45) is 0 Å². The van der Waals surface area contributed by atoms with Gasteiger partial charge in [-0.3, -0.25) is 14.5 Å². The Bertz CT molecular complexity index is 1200. The van der Waals surface area contributed by atoms with E-state index in [0.29, 0.717) is 48.8 Å². The molecule has 1 aromatic heterocycles. The number of benzene rings is 2. The van der Waals surface area contributed by atoms with Crippen LogP contribution in [0.25, 0.3) is 11.4 Å². The van der Waals surface area contributed by atoms with E-state index in [4.69, 9.17) is 16.3 Å². The highest BCUT2D eigenvalue weighted by molar-refractivity contribution is 6.31. The number of imidazole rings is 1. The van der Waals surface area contributed by atoms with Crippen LogP contribution in [0.1, 0.15) is 32.1 Å². The highest BCUT2D eigenvalue weighted by atomic mass is 35.5. The maximum Gasteiger partial charge on any atom is 0.214 e. The van der Waals surface area contributed by atoms with Crippen molar-refractivity contribution >= 4 is 23.2 Å². The number of hydrogen-bond acceptors (Lipinski definition) is 5. The number of morpholine rings is 1. The third-order valence-electron chi connectivity index (χ3n) is 5.74. The van der Waals surface area contributed by atoms with E-state index in [9.17, 15) is 14.0 Å². The molecule has 2 aliphatic rings. The largest absolute Gasteiger partial charge is 0.379 e. The normalized spacial score (nSPS) is 16.3. The molecule has 0 unspecified atom stereocenters. The fraction of sp³-hybridized carbons (Fsp3) is 0.261. The molecule has 1 fully saturated rings. The number of fused-ring (bicyclic) bond motifs is 2. The summed E-state index contributed by atoms with van der Waals surface area (Å²) in [4.78, 5) is 33.3. The first-order valence-electron chi connectivity index (χ1n) is 10.1. The molecule has 2 heterocycles. The number of ketones is 2. The summed E-state index contributed by atoms with van der Waals surface area (Å²) in [6, 6.07) is 11.1. The van der Waals surface area contributed by atoms with E-state index < -0.39 is 5.82 Å². The molecule has 3 aromatic rings. The number of hydrogen-bond donors (Lipinski definition) is 0. The Labute approximate surface area is 183 Å². The number of aromatic nitrogens is 2. The van der Waals surface area contributed by atoms with Gasteiger partial charge in [0, 0.05) is 42.9 Å². The Morgan fingerprint density at radius 3 is 2.42 bits per heavy atom. The Kier molecular flexibility index (Phi) is 5.17. The van der Waals surface area contributed by atoms with Crippen molar-refractivity contribution in [1.29, 1.82) is 0 Å². The Morgan fingerprint density at radius 1 is 1.00 bits per heavy atom. The van der Waals surface area contributed by atoms with Crippen LogP contribution >= 0.6 is 11.6 Å². The second kappa shape index (κ2) is 8.00. The zero-order valence-electron chi connectivity index (χ0n) is 16.6. The summed E-state index contributed by atoms with van der Waals surface area (Å²) in [6.07, 6.45) is 0. The molecule has 0 N–H and O–H groups in total. The summed E-state index contributed by atoms with van der Waals surface area (Å²) in [7, 11) is 0. The lowest BCUT2D eigenvalue weighted by atomic mass is 9.90. The van der Waals surface area contributed by atoms with Gasteiger partial charge >= 0.3 is 0 Å². The van der Waals surface area contributed by atoms with E-state index >= 15 is 0 Å². The molecule has 5 rings (SSSR count). The average molecular weight is 440 g/mol. The van der Waals surface area contributed by atoms with Crippen LogP contribution in [0.15, 0.2) is 42.5 Å². The predicted octanol–water partition coefficient (Wildman–Crippen LogP) is 3.45. The van der Waals surface area contributed by atoms with E-state index in [2.05, 4.69) is 9.88 Å². The molecule has 8 heteroatoms. The fourth-order valence-corrected chi connectivity index (χ4v) is 4.30. The van der Waals surface area contributed by atoms with Crippen molar-refractivity contribution < 1.29 is 18.7 Å². The molecule has 1 aliphatic carbocycles. The zero-order valence-corrected chi connectivity index (χ0v) is 17.4. The van der Waals surface area contributed by atoms with Crippen molar-refractivity contribution in [2.45, 2.75) is 6.54 Å². The van der Waals surface area contributed by atoms with Gasteiger partial charge in [-0.1, -0.05) is 35.9 Å². The molecule has 0 saturated carbocycles. The molecule has 0 radical (unpaired) electrons. The standard InChI is InChI=1S/C23H19ClFN3O3/c24-17-13-14(5-6-18(17)25)23-26-19-20(28(23)8-7-27-9-11-31-12-10-27)22(30)16-4-2-1-3-15(16)21(19)29/h1-6,13H,7-12H2. The monoisotopic (exact) mass is 439 g/mol. The van der Waals surface area contributed by atoms with E-state index in [1.165, 1.54) is 12.1 Å². The van der Waals surface area contributed by atoms with Gasteiger partial charge in [-0.05, 0) is 18.2 Å². The number of carbonyl (C=O) groups is 2. The van der Waals surface area contributed by atoms with Gasteiger partial charge in [-0.15, -0.1) is 0 Å². The van der Waals surface area contributed by atoms with Crippen LogP contribution in [0.4, 0.5) is 4.39 Å². The van der Waals surface area contributed by atoms with Gasteiger partial charge < -0.3 is 9.30 Å². The third-order valence-corrected chi connectivity index (χ3v) is 6.03. The molecule has 1 saturated heterocycles. The summed E-state index contributed by atoms with van der Waals surface area (Å²) in [6.45, 7) is 4.03. The molecule has 1 aliphatic heterocycles. The first-order chi connectivity index (χ1) is 15.0. The quantitative estimate of drug-likeness (QED) is 0.487. The molecule has 0 bridgehead atoms. The molecular weight excluding hydrogens is 421 g/mol. The zero-order chi connectivity index (χ0) is 21.5. The Balaban J connectivity index is 1.62. The number of carbonyl (C=O) groups excluding carboxylic acids is 2. The number of ether oxygens (including phenoxy) is 1. The van der Waals surface area contributed by atoms with Crippen molar-refractivity contribution in [2.75, 3.05) is 32.8 Å². The number of rotatable bonds is 4. The lowest BCUT2D eigenvalue weighted by molar-refractivity contribution is 0.0363. The van der Waals surface area contributed by atoms with Gasteiger partial charge in [-0.2, -0.15) is 0 Å². The van der Waals surface area contributed by atoms with Crippen LogP contribution < -0.4 is 0 Å². The van der Waals surface area contributed by atoms with E-state index in [0.717, 1.165) is 13.1 Å². The smallest absolute Gasteiger partial charge is 0.214 e. The summed E-state index contributed by atoms with van der Waals surface area (Å²) in [5.41, 5.74) is 1.67. The molecule has 2 aromatic carbocycles. The van der Waals surface area contributed by atoms with Gasteiger partial charge in [0.25, 0.3) is 0 Å². The van der Waals surface area contributed by atoms with Crippen LogP contribution in [0.5, 0.6) is 0 Å². The second-order valence-electron chi connectivity index (χ2n) is 7.57. The maximum absolute atomic E-state index is 13.8. The van der Waals surface area contributed by atoms with Crippen LogP contribution in [0, 0.1) is 5.82 Å². The predicted molar refractivity (Wildman–Crippen MR) is 113 cm³/mol. The van der Waals surface area contributed by atoms with Crippen molar-refractivity contribution in [1.82, 2.24) is 14.5 Å². The topological polar surface area (TPSA) is 64.4 Å². The highest BCUT2D eigenvalue weighted by Gasteiger charge is 2.36. The van der Waals surface area contributed by atoms with Crippen molar-refractivity contribution in [3.05, 3.63) is 75.8 Å². The van der Waals surface area contributed by atoms with E-state index in [1.54, 1.807) is 34.9 Å². The van der Waals surface area contributed by atoms with Gasteiger partial charge in [0.1, 0.15) is 23.0 Å². The summed E-state index contributed by atoms with van der Waals surface area (Å²) < 4.78 is 20.9. The SMILES string of the molecule is O=C1c2ccccc2C(=O)c2c1nc(-c1ccc(F)c(Cl)c1)n2CCN1CCOCC1.